The summed E-state index contributed by atoms with van der Waals surface area (Å²) in [5, 5.41) is 9.69. The molecule has 4 heterocycles. The Bertz CT molecular complexity index is 1120. The van der Waals surface area contributed by atoms with Crippen molar-refractivity contribution in [2.75, 3.05) is 0 Å². The maximum Gasteiger partial charge on any atom is 0.118 e. The van der Waals surface area contributed by atoms with Crippen molar-refractivity contribution in [3.8, 4) is 22.5 Å². The standard InChI is InChI=1S/C17H12N6/c1-2-14-12(17(23-22-14)16-8-19-9-21-16)5-10(1)13-6-18-7-15-11(13)3-4-20-15/h1-9,20H,(H,19,21)(H,22,23). The normalized spacial score (nSPS) is 11.5. The van der Waals surface area contributed by atoms with Crippen LogP contribution in [0.25, 0.3) is 44.3 Å². The van der Waals surface area contributed by atoms with Crippen LogP contribution in [-0.2, 0) is 0 Å². The highest BCUT2D eigenvalue weighted by Gasteiger charge is 2.12. The highest BCUT2D eigenvalue weighted by molar-refractivity contribution is 5.99. The van der Waals surface area contributed by atoms with E-state index in [0.29, 0.717) is 0 Å². The fourth-order valence-corrected chi connectivity index (χ4v) is 2.98. The summed E-state index contributed by atoms with van der Waals surface area (Å²) < 4.78 is 0. The number of rotatable bonds is 2. The molecular weight excluding hydrogens is 288 g/mol. The van der Waals surface area contributed by atoms with Crippen LogP contribution in [0, 0.1) is 0 Å². The number of imidazole rings is 1. The van der Waals surface area contributed by atoms with Gasteiger partial charge in [-0.1, -0.05) is 6.07 Å². The molecule has 3 N–H and O–H groups in total. The Kier molecular flexibility index (Phi) is 2.40. The fraction of sp³-hybridized carbons (Fsp3) is 0. The highest BCUT2D eigenvalue weighted by atomic mass is 15.1. The Morgan fingerprint density at radius 2 is 1.83 bits per heavy atom. The lowest BCUT2D eigenvalue weighted by atomic mass is 10.0. The third-order valence-corrected chi connectivity index (χ3v) is 4.10. The maximum absolute atomic E-state index is 4.41. The van der Waals surface area contributed by atoms with E-state index in [2.05, 4.69) is 48.3 Å². The van der Waals surface area contributed by atoms with Crippen LogP contribution in [0.15, 0.2) is 55.4 Å². The number of benzene rings is 1. The van der Waals surface area contributed by atoms with E-state index < -0.39 is 0 Å². The summed E-state index contributed by atoms with van der Waals surface area (Å²) in [6, 6.07) is 8.34. The molecule has 0 aliphatic heterocycles. The summed E-state index contributed by atoms with van der Waals surface area (Å²) >= 11 is 0. The number of hydrogen-bond donors (Lipinski definition) is 3. The van der Waals surface area contributed by atoms with Gasteiger partial charge in [-0.25, -0.2) is 4.98 Å². The second-order valence-corrected chi connectivity index (χ2v) is 5.42. The molecule has 0 atom stereocenters. The Morgan fingerprint density at radius 1 is 0.826 bits per heavy atom. The van der Waals surface area contributed by atoms with Gasteiger partial charge >= 0.3 is 0 Å². The van der Waals surface area contributed by atoms with Crippen molar-refractivity contribution < 1.29 is 0 Å². The molecule has 0 spiro atoms. The predicted octanol–water partition coefficient (Wildman–Crippen LogP) is 3.50. The number of aromatic nitrogens is 6. The van der Waals surface area contributed by atoms with E-state index in [9.17, 15) is 0 Å². The minimum absolute atomic E-state index is 0.869. The van der Waals surface area contributed by atoms with Gasteiger partial charge in [0.15, 0.2) is 0 Å². The van der Waals surface area contributed by atoms with Crippen molar-refractivity contribution >= 4 is 21.8 Å². The number of hydrogen-bond acceptors (Lipinski definition) is 3. The summed E-state index contributed by atoms with van der Waals surface area (Å²) in [6.45, 7) is 0. The first-order valence-electron chi connectivity index (χ1n) is 7.28. The lowest BCUT2D eigenvalue weighted by Gasteiger charge is -2.04. The highest BCUT2D eigenvalue weighted by Crippen LogP contribution is 2.32. The van der Waals surface area contributed by atoms with Crippen LogP contribution in [0.3, 0.4) is 0 Å². The van der Waals surface area contributed by atoms with Gasteiger partial charge in [-0.05, 0) is 23.8 Å². The first-order chi connectivity index (χ1) is 11.4. The molecule has 0 fully saturated rings. The molecule has 110 valence electrons. The van der Waals surface area contributed by atoms with Crippen LogP contribution >= 0.6 is 0 Å². The quantitative estimate of drug-likeness (QED) is 0.466. The van der Waals surface area contributed by atoms with E-state index in [0.717, 1.165) is 44.3 Å². The lowest BCUT2D eigenvalue weighted by Crippen LogP contribution is -1.83. The molecule has 0 saturated heterocycles. The minimum atomic E-state index is 0.869. The van der Waals surface area contributed by atoms with E-state index in [4.69, 9.17) is 0 Å². The number of pyridine rings is 1. The average Bonchev–Trinajstić information content (AvgIpc) is 3.32. The molecule has 0 radical (unpaired) electrons. The molecule has 0 amide bonds. The summed E-state index contributed by atoms with van der Waals surface area (Å²) in [7, 11) is 0. The summed E-state index contributed by atoms with van der Waals surface area (Å²) in [5.41, 5.74) is 6.00. The fourth-order valence-electron chi connectivity index (χ4n) is 2.98. The molecule has 5 rings (SSSR count). The molecule has 23 heavy (non-hydrogen) atoms. The van der Waals surface area contributed by atoms with Crippen molar-refractivity contribution in [1.82, 2.24) is 30.1 Å². The molecule has 6 heteroatoms. The second kappa shape index (κ2) is 4.54. The molecule has 5 aromatic rings. The van der Waals surface area contributed by atoms with Gasteiger partial charge in [0.2, 0.25) is 0 Å². The third kappa shape index (κ3) is 1.78. The number of fused-ring (bicyclic) bond motifs is 2. The van der Waals surface area contributed by atoms with Gasteiger partial charge < -0.3 is 9.97 Å². The molecule has 1 aromatic carbocycles. The van der Waals surface area contributed by atoms with Gasteiger partial charge in [0.05, 0.1) is 35.4 Å². The van der Waals surface area contributed by atoms with Gasteiger partial charge in [-0.3, -0.25) is 10.1 Å². The predicted molar refractivity (Wildman–Crippen MR) is 88.8 cm³/mol. The number of nitrogens with one attached hydrogen (secondary N) is 3. The molecule has 6 nitrogen and oxygen atoms in total. The van der Waals surface area contributed by atoms with Crippen LogP contribution in [0.4, 0.5) is 0 Å². The zero-order valence-electron chi connectivity index (χ0n) is 12.0. The number of H-pyrrole nitrogens is 3. The maximum atomic E-state index is 4.41. The first-order valence-corrected chi connectivity index (χ1v) is 7.28. The Morgan fingerprint density at radius 3 is 2.74 bits per heavy atom. The zero-order valence-corrected chi connectivity index (χ0v) is 12.0. The summed E-state index contributed by atoms with van der Waals surface area (Å²) in [6.07, 6.45) is 9.10. The van der Waals surface area contributed by atoms with Gasteiger partial charge in [-0.2, -0.15) is 5.10 Å². The average molecular weight is 300 g/mol. The van der Waals surface area contributed by atoms with E-state index >= 15 is 0 Å². The Labute approximate surface area is 130 Å². The van der Waals surface area contributed by atoms with Crippen molar-refractivity contribution in [3.63, 3.8) is 0 Å². The molecule has 4 aromatic heterocycles. The summed E-state index contributed by atoms with van der Waals surface area (Å²) in [4.78, 5) is 14.7. The van der Waals surface area contributed by atoms with Crippen LogP contribution in [0.1, 0.15) is 0 Å². The van der Waals surface area contributed by atoms with Crippen molar-refractivity contribution in [1.29, 1.82) is 0 Å². The lowest BCUT2D eigenvalue weighted by molar-refractivity contribution is 1.12. The van der Waals surface area contributed by atoms with Gasteiger partial charge in [0.25, 0.3) is 0 Å². The van der Waals surface area contributed by atoms with Crippen molar-refractivity contribution in [2.24, 2.45) is 0 Å². The smallest absolute Gasteiger partial charge is 0.118 e. The SMILES string of the molecule is c1ncc(-c2n[nH]c3ccc(-c4cncc5[nH]ccc45)cc23)[nH]1. The van der Waals surface area contributed by atoms with E-state index in [1.165, 1.54) is 0 Å². The molecule has 0 aliphatic rings. The molecular formula is C17H12N6. The molecule has 0 unspecified atom stereocenters. The van der Waals surface area contributed by atoms with Gasteiger partial charge in [-0.15, -0.1) is 0 Å². The van der Waals surface area contributed by atoms with Gasteiger partial charge in [0, 0.05) is 28.7 Å². The Hall–Kier alpha value is -3.41. The third-order valence-electron chi connectivity index (χ3n) is 4.10. The first kappa shape index (κ1) is 12.2. The van der Waals surface area contributed by atoms with Crippen LogP contribution < -0.4 is 0 Å². The van der Waals surface area contributed by atoms with Gasteiger partial charge in [0.1, 0.15) is 5.69 Å². The monoisotopic (exact) mass is 300 g/mol. The Balaban J connectivity index is 1.77. The largest absolute Gasteiger partial charge is 0.360 e. The van der Waals surface area contributed by atoms with E-state index in [1.807, 2.05) is 24.7 Å². The zero-order chi connectivity index (χ0) is 15.2. The second-order valence-electron chi connectivity index (χ2n) is 5.42. The van der Waals surface area contributed by atoms with E-state index in [-0.39, 0.29) is 0 Å². The summed E-state index contributed by atoms with van der Waals surface area (Å²) in [5.74, 6) is 0. The van der Waals surface area contributed by atoms with Crippen molar-refractivity contribution in [2.45, 2.75) is 0 Å². The van der Waals surface area contributed by atoms with Crippen LogP contribution in [-0.4, -0.2) is 30.1 Å². The topological polar surface area (TPSA) is 86.0 Å². The molecule has 0 saturated carbocycles. The minimum Gasteiger partial charge on any atom is -0.360 e. The number of aromatic amines is 3. The molecule has 0 bridgehead atoms. The van der Waals surface area contributed by atoms with Crippen LogP contribution in [0.2, 0.25) is 0 Å². The van der Waals surface area contributed by atoms with E-state index in [1.54, 1.807) is 12.5 Å². The van der Waals surface area contributed by atoms with Crippen molar-refractivity contribution in [3.05, 3.63) is 55.4 Å². The number of nitrogens with zero attached hydrogens (tertiary/aromatic N) is 3. The molecule has 0 aliphatic carbocycles. The van der Waals surface area contributed by atoms with Crippen LogP contribution in [0.5, 0.6) is 0 Å².